The molecule has 2 N–H and O–H groups in total. The molecule has 0 aliphatic rings. The number of benzene rings is 2. The predicted molar refractivity (Wildman–Crippen MR) is 99.0 cm³/mol. The monoisotopic (exact) mass is 357 g/mol. The third-order valence-corrected chi connectivity index (χ3v) is 4.43. The lowest BCUT2D eigenvalue weighted by Crippen LogP contribution is -2.22. The summed E-state index contributed by atoms with van der Waals surface area (Å²) in [4.78, 5) is 12.5. The van der Waals surface area contributed by atoms with Gasteiger partial charge in [-0.1, -0.05) is 30.3 Å². The number of aromatic nitrogens is 1. The van der Waals surface area contributed by atoms with Crippen molar-refractivity contribution in [2.24, 2.45) is 7.05 Å². The molecule has 6 nitrogen and oxygen atoms in total. The van der Waals surface area contributed by atoms with Gasteiger partial charge in [-0.2, -0.15) is 0 Å². The van der Waals surface area contributed by atoms with Crippen LogP contribution in [-0.4, -0.2) is 25.1 Å². The van der Waals surface area contributed by atoms with Crippen LogP contribution in [0.4, 0.5) is 5.69 Å². The molecule has 0 aliphatic heterocycles. The molecular formula is C18H19N3O3S. The number of nitrogens with zero attached hydrogens (tertiary/aromatic N) is 1. The van der Waals surface area contributed by atoms with Gasteiger partial charge < -0.3 is 9.88 Å². The van der Waals surface area contributed by atoms with E-state index in [4.69, 9.17) is 0 Å². The fraction of sp³-hybridized carbons (Fsp3) is 0.167. The van der Waals surface area contributed by atoms with Crippen molar-refractivity contribution in [3.63, 3.8) is 0 Å². The molecule has 0 aliphatic carbocycles. The van der Waals surface area contributed by atoms with E-state index in [9.17, 15) is 13.2 Å². The second-order valence-electron chi connectivity index (χ2n) is 5.93. The van der Waals surface area contributed by atoms with Gasteiger partial charge in [0, 0.05) is 36.4 Å². The van der Waals surface area contributed by atoms with Gasteiger partial charge in [-0.3, -0.25) is 9.52 Å². The summed E-state index contributed by atoms with van der Waals surface area (Å²) in [6, 6.07) is 14.7. The second-order valence-corrected chi connectivity index (χ2v) is 7.68. The highest BCUT2D eigenvalue weighted by atomic mass is 32.2. The lowest BCUT2D eigenvalue weighted by atomic mass is 10.1. The highest BCUT2D eigenvalue weighted by Crippen LogP contribution is 2.20. The Balaban J connectivity index is 1.75. The number of nitrogens with one attached hydrogen (secondary N) is 2. The number of carbonyl (C=O) groups excluding carboxylic acids is 1. The topological polar surface area (TPSA) is 80.2 Å². The fourth-order valence-electron chi connectivity index (χ4n) is 2.76. The molecule has 0 atom stereocenters. The maximum Gasteiger partial charge on any atom is 0.253 e. The maximum atomic E-state index is 12.5. The number of sulfonamides is 1. The van der Waals surface area contributed by atoms with Gasteiger partial charge in [0.15, 0.2) is 0 Å². The molecule has 0 radical (unpaired) electrons. The van der Waals surface area contributed by atoms with Crippen molar-refractivity contribution >= 4 is 32.5 Å². The number of carbonyl (C=O) groups is 1. The van der Waals surface area contributed by atoms with Gasteiger partial charge in [0.2, 0.25) is 10.0 Å². The van der Waals surface area contributed by atoms with Crippen LogP contribution in [0.3, 0.4) is 0 Å². The van der Waals surface area contributed by atoms with Gasteiger partial charge in [-0.05, 0) is 23.8 Å². The van der Waals surface area contributed by atoms with E-state index in [-0.39, 0.29) is 5.91 Å². The Labute approximate surface area is 146 Å². The number of anilines is 1. The number of para-hydroxylation sites is 1. The number of hydrogen-bond acceptors (Lipinski definition) is 3. The van der Waals surface area contributed by atoms with E-state index in [0.29, 0.717) is 17.8 Å². The molecule has 1 heterocycles. The van der Waals surface area contributed by atoms with Crippen LogP contribution in [0.5, 0.6) is 0 Å². The van der Waals surface area contributed by atoms with Gasteiger partial charge in [0.1, 0.15) is 0 Å². The first kappa shape index (κ1) is 17.0. The Morgan fingerprint density at radius 1 is 1.12 bits per heavy atom. The third-order valence-electron chi connectivity index (χ3n) is 3.82. The Morgan fingerprint density at radius 2 is 1.88 bits per heavy atom. The molecule has 25 heavy (non-hydrogen) atoms. The lowest BCUT2D eigenvalue weighted by molar-refractivity contribution is 0.0952. The van der Waals surface area contributed by atoms with Crippen molar-refractivity contribution in [1.82, 2.24) is 9.88 Å². The molecule has 3 aromatic rings. The van der Waals surface area contributed by atoms with Gasteiger partial charge >= 0.3 is 0 Å². The minimum atomic E-state index is -3.33. The van der Waals surface area contributed by atoms with E-state index >= 15 is 0 Å². The van der Waals surface area contributed by atoms with Crippen molar-refractivity contribution in [3.8, 4) is 0 Å². The summed E-state index contributed by atoms with van der Waals surface area (Å²) >= 11 is 0. The van der Waals surface area contributed by atoms with E-state index in [1.54, 1.807) is 18.2 Å². The van der Waals surface area contributed by atoms with Crippen LogP contribution in [0, 0.1) is 0 Å². The van der Waals surface area contributed by atoms with Gasteiger partial charge in [0.05, 0.1) is 11.8 Å². The van der Waals surface area contributed by atoms with Crippen LogP contribution in [0.2, 0.25) is 0 Å². The molecule has 3 rings (SSSR count). The summed E-state index contributed by atoms with van der Waals surface area (Å²) < 4.78 is 27.0. The second kappa shape index (κ2) is 6.60. The minimum Gasteiger partial charge on any atom is -0.350 e. The zero-order valence-electron chi connectivity index (χ0n) is 14.0. The van der Waals surface area contributed by atoms with Crippen LogP contribution in [-0.2, 0) is 23.6 Å². The minimum absolute atomic E-state index is 0.168. The molecule has 1 amide bonds. The van der Waals surface area contributed by atoms with Crippen LogP contribution >= 0.6 is 0 Å². The van der Waals surface area contributed by atoms with Crippen LogP contribution in [0.15, 0.2) is 54.7 Å². The number of rotatable bonds is 5. The number of fused-ring (bicyclic) bond motifs is 1. The SMILES string of the molecule is Cn1cc(C(=O)NCc2cccc(NS(C)(=O)=O)c2)c2ccccc21. The largest absolute Gasteiger partial charge is 0.350 e. The van der Waals surface area contributed by atoms with Crippen LogP contribution < -0.4 is 10.0 Å². The van der Waals surface area contributed by atoms with Crippen molar-refractivity contribution in [2.45, 2.75) is 6.54 Å². The summed E-state index contributed by atoms with van der Waals surface area (Å²) in [5.74, 6) is -0.168. The Kier molecular flexibility index (Phi) is 4.50. The molecular weight excluding hydrogens is 338 g/mol. The van der Waals surface area contributed by atoms with E-state index in [0.717, 1.165) is 22.7 Å². The van der Waals surface area contributed by atoms with Crippen molar-refractivity contribution < 1.29 is 13.2 Å². The van der Waals surface area contributed by atoms with Crippen molar-refractivity contribution in [1.29, 1.82) is 0 Å². The Hall–Kier alpha value is -2.80. The number of aryl methyl sites for hydroxylation is 1. The van der Waals surface area contributed by atoms with Crippen LogP contribution in [0.1, 0.15) is 15.9 Å². The number of amides is 1. The molecule has 0 fully saturated rings. The average molecular weight is 357 g/mol. The van der Waals surface area contributed by atoms with Crippen molar-refractivity contribution in [3.05, 3.63) is 65.9 Å². The Bertz CT molecular complexity index is 1040. The zero-order valence-corrected chi connectivity index (χ0v) is 14.8. The first-order valence-corrected chi connectivity index (χ1v) is 9.61. The standard InChI is InChI=1S/C18H19N3O3S/c1-21-12-16(15-8-3-4-9-17(15)21)18(22)19-11-13-6-5-7-14(10-13)20-25(2,23)24/h3-10,12,20H,11H2,1-2H3,(H,19,22). The van der Waals surface area contributed by atoms with E-state index < -0.39 is 10.0 Å². The summed E-state index contributed by atoms with van der Waals surface area (Å²) in [5, 5.41) is 3.78. The van der Waals surface area contributed by atoms with Crippen molar-refractivity contribution in [2.75, 3.05) is 11.0 Å². The number of hydrogen-bond donors (Lipinski definition) is 2. The zero-order chi connectivity index (χ0) is 18.0. The molecule has 130 valence electrons. The summed E-state index contributed by atoms with van der Waals surface area (Å²) in [6.45, 7) is 0.307. The maximum absolute atomic E-state index is 12.5. The summed E-state index contributed by atoms with van der Waals surface area (Å²) in [7, 11) is -1.43. The molecule has 0 unspecified atom stereocenters. The third kappa shape index (κ3) is 4.00. The van der Waals surface area contributed by atoms with Gasteiger partial charge in [-0.25, -0.2) is 8.42 Å². The van der Waals surface area contributed by atoms with Gasteiger partial charge in [-0.15, -0.1) is 0 Å². The molecule has 2 aromatic carbocycles. The molecule has 0 saturated carbocycles. The molecule has 0 bridgehead atoms. The molecule has 1 aromatic heterocycles. The lowest BCUT2D eigenvalue weighted by Gasteiger charge is -2.08. The van der Waals surface area contributed by atoms with Crippen LogP contribution in [0.25, 0.3) is 10.9 Å². The van der Waals surface area contributed by atoms with Gasteiger partial charge in [0.25, 0.3) is 5.91 Å². The summed E-state index contributed by atoms with van der Waals surface area (Å²) in [5.41, 5.74) is 2.89. The average Bonchev–Trinajstić information content (AvgIpc) is 2.89. The highest BCUT2D eigenvalue weighted by molar-refractivity contribution is 7.92. The molecule has 7 heteroatoms. The first-order chi connectivity index (χ1) is 11.8. The highest BCUT2D eigenvalue weighted by Gasteiger charge is 2.13. The molecule has 0 saturated heterocycles. The van der Waals surface area contributed by atoms with E-state index in [2.05, 4.69) is 10.0 Å². The Morgan fingerprint density at radius 3 is 2.64 bits per heavy atom. The first-order valence-electron chi connectivity index (χ1n) is 7.72. The summed E-state index contributed by atoms with van der Waals surface area (Å²) in [6.07, 6.45) is 2.91. The fourth-order valence-corrected chi connectivity index (χ4v) is 3.31. The van der Waals surface area contributed by atoms with E-state index in [1.165, 1.54) is 0 Å². The smallest absolute Gasteiger partial charge is 0.253 e. The van der Waals surface area contributed by atoms with E-state index in [1.807, 2.05) is 48.1 Å². The normalized spacial score (nSPS) is 11.4. The molecule has 0 spiro atoms. The quantitative estimate of drug-likeness (QED) is 0.736. The predicted octanol–water partition coefficient (Wildman–Crippen LogP) is 2.48.